The van der Waals surface area contributed by atoms with E-state index in [0.717, 1.165) is 16.7 Å². The predicted molar refractivity (Wildman–Crippen MR) is 49.9 cm³/mol. The van der Waals surface area contributed by atoms with Crippen molar-refractivity contribution in [2.75, 3.05) is 24.5 Å². The lowest BCUT2D eigenvalue weighted by molar-refractivity contribution is -0.120. The molecule has 2 heterocycles. The first kappa shape index (κ1) is 8.43. The van der Waals surface area contributed by atoms with Gasteiger partial charge in [-0.05, 0) is 6.92 Å². The molecular formula is C7H10N4OS. The molecule has 70 valence electrons. The first-order valence-corrected chi connectivity index (χ1v) is 4.89. The van der Waals surface area contributed by atoms with E-state index in [0.29, 0.717) is 13.1 Å². The smallest absolute Gasteiger partial charge is 0.239 e. The third-order valence-corrected chi connectivity index (χ3v) is 2.72. The number of nitrogens with zero attached hydrogens (tertiary/aromatic N) is 3. The van der Waals surface area contributed by atoms with E-state index in [1.165, 1.54) is 11.3 Å². The van der Waals surface area contributed by atoms with Crippen LogP contribution in [-0.4, -0.2) is 35.7 Å². The number of rotatable bonds is 1. The van der Waals surface area contributed by atoms with Crippen LogP contribution in [0.3, 0.4) is 0 Å². The highest BCUT2D eigenvalue weighted by Crippen LogP contribution is 2.19. The maximum atomic E-state index is 11.1. The van der Waals surface area contributed by atoms with Crippen molar-refractivity contribution in [3.05, 3.63) is 5.01 Å². The Kier molecular flexibility index (Phi) is 2.13. The summed E-state index contributed by atoms with van der Waals surface area (Å²) in [5.41, 5.74) is 0. The summed E-state index contributed by atoms with van der Waals surface area (Å²) >= 11 is 1.52. The average Bonchev–Trinajstić information content (AvgIpc) is 2.52. The van der Waals surface area contributed by atoms with Gasteiger partial charge in [-0.15, -0.1) is 10.2 Å². The highest BCUT2D eigenvalue weighted by molar-refractivity contribution is 7.15. The van der Waals surface area contributed by atoms with Gasteiger partial charge in [0.05, 0.1) is 6.54 Å². The van der Waals surface area contributed by atoms with Gasteiger partial charge in [0.25, 0.3) is 0 Å². The van der Waals surface area contributed by atoms with Crippen LogP contribution in [0.5, 0.6) is 0 Å². The number of hydrogen-bond donors (Lipinski definition) is 1. The largest absolute Gasteiger partial charge is 0.353 e. The van der Waals surface area contributed by atoms with E-state index < -0.39 is 0 Å². The Hall–Kier alpha value is -1.17. The second-order valence-corrected chi connectivity index (χ2v) is 4.04. The Morgan fingerprint density at radius 3 is 3.00 bits per heavy atom. The van der Waals surface area contributed by atoms with Gasteiger partial charge in [-0.1, -0.05) is 11.3 Å². The highest BCUT2D eigenvalue weighted by atomic mass is 32.1. The summed E-state index contributed by atoms with van der Waals surface area (Å²) in [7, 11) is 0. The van der Waals surface area contributed by atoms with Gasteiger partial charge >= 0.3 is 0 Å². The maximum Gasteiger partial charge on any atom is 0.239 e. The number of aromatic nitrogens is 2. The van der Waals surface area contributed by atoms with Crippen molar-refractivity contribution in [3.63, 3.8) is 0 Å². The Bertz CT molecular complexity index is 324. The molecule has 0 spiro atoms. The summed E-state index contributed by atoms with van der Waals surface area (Å²) in [6.07, 6.45) is 0. The molecule has 0 saturated carbocycles. The number of aryl methyl sites for hydroxylation is 1. The number of carbonyl (C=O) groups is 1. The second-order valence-electron chi connectivity index (χ2n) is 2.88. The van der Waals surface area contributed by atoms with Gasteiger partial charge in [-0.2, -0.15) is 0 Å². The molecule has 1 fully saturated rings. The molecule has 1 saturated heterocycles. The fraction of sp³-hybridized carbons (Fsp3) is 0.571. The molecule has 1 aromatic rings. The number of anilines is 1. The topological polar surface area (TPSA) is 58.1 Å². The van der Waals surface area contributed by atoms with E-state index in [1.807, 2.05) is 11.8 Å². The first-order valence-electron chi connectivity index (χ1n) is 4.07. The minimum absolute atomic E-state index is 0.0547. The third-order valence-electron chi connectivity index (χ3n) is 1.82. The SMILES string of the molecule is Cc1nnc(N2CCNC(=O)C2)s1. The van der Waals surface area contributed by atoms with E-state index in [2.05, 4.69) is 15.5 Å². The number of hydrogen-bond acceptors (Lipinski definition) is 5. The van der Waals surface area contributed by atoms with E-state index in [4.69, 9.17) is 0 Å². The zero-order chi connectivity index (χ0) is 9.26. The molecule has 0 atom stereocenters. The Balaban J connectivity index is 2.12. The quantitative estimate of drug-likeness (QED) is 0.678. The van der Waals surface area contributed by atoms with Gasteiger partial charge in [0, 0.05) is 13.1 Å². The van der Waals surface area contributed by atoms with Gasteiger partial charge in [0.2, 0.25) is 11.0 Å². The van der Waals surface area contributed by atoms with Crippen LogP contribution < -0.4 is 10.2 Å². The summed E-state index contributed by atoms with van der Waals surface area (Å²) < 4.78 is 0. The number of piperazine rings is 1. The van der Waals surface area contributed by atoms with Crippen molar-refractivity contribution < 1.29 is 4.79 Å². The van der Waals surface area contributed by atoms with Crippen molar-refractivity contribution >= 4 is 22.4 Å². The number of carbonyl (C=O) groups excluding carboxylic acids is 1. The zero-order valence-electron chi connectivity index (χ0n) is 7.28. The van der Waals surface area contributed by atoms with Gasteiger partial charge in [-0.3, -0.25) is 4.79 Å². The normalized spacial score (nSPS) is 17.3. The monoisotopic (exact) mass is 198 g/mol. The van der Waals surface area contributed by atoms with Crippen molar-refractivity contribution in [2.24, 2.45) is 0 Å². The van der Waals surface area contributed by atoms with E-state index in [9.17, 15) is 4.79 Å². The number of nitrogens with one attached hydrogen (secondary N) is 1. The molecule has 6 heteroatoms. The molecule has 1 aromatic heterocycles. The van der Waals surface area contributed by atoms with E-state index >= 15 is 0 Å². The Labute approximate surface area is 79.8 Å². The van der Waals surface area contributed by atoms with Crippen LogP contribution in [0.15, 0.2) is 0 Å². The maximum absolute atomic E-state index is 11.1. The minimum Gasteiger partial charge on any atom is -0.353 e. The third kappa shape index (κ3) is 1.77. The molecule has 1 aliphatic heterocycles. The molecule has 1 aliphatic rings. The van der Waals surface area contributed by atoms with Crippen molar-refractivity contribution in [1.29, 1.82) is 0 Å². The summed E-state index contributed by atoms with van der Waals surface area (Å²) in [5.74, 6) is 0.0547. The van der Waals surface area contributed by atoms with E-state index in [-0.39, 0.29) is 5.91 Å². The van der Waals surface area contributed by atoms with Gasteiger partial charge in [-0.25, -0.2) is 0 Å². The van der Waals surface area contributed by atoms with Crippen LogP contribution in [0.25, 0.3) is 0 Å². The lowest BCUT2D eigenvalue weighted by Crippen LogP contribution is -2.47. The van der Waals surface area contributed by atoms with Crippen LogP contribution in [0.2, 0.25) is 0 Å². The summed E-state index contributed by atoms with van der Waals surface area (Å²) in [6.45, 7) is 3.82. The van der Waals surface area contributed by atoms with Crippen molar-refractivity contribution in [2.45, 2.75) is 6.92 Å². The van der Waals surface area contributed by atoms with Crippen molar-refractivity contribution in [1.82, 2.24) is 15.5 Å². The van der Waals surface area contributed by atoms with Gasteiger partial charge in [0.1, 0.15) is 5.01 Å². The number of amides is 1. The molecule has 1 N–H and O–H groups in total. The van der Waals surface area contributed by atoms with Crippen molar-refractivity contribution in [3.8, 4) is 0 Å². The fourth-order valence-electron chi connectivity index (χ4n) is 1.22. The van der Waals surface area contributed by atoms with Crippen LogP contribution >= 0.6 is 11.3 Å². The van der Waals surface area contributed by atoms with Crippen LogP contribution in [-0.2, 0) is 4.79 Å². The lowest BCUT2D eigenvalue weighted by Gasteiger charge is -2.25. The molecule has 5 nitrogen and oxygen atoms in total. The second kappa shape index (κ2) is 3.29. The Morgan fingerprint density at radius 1 is 1.54 bits per heavy atom. The predicted octanol–water partition coefficient (Wildman–Crippen LogP) is -0.217. The molecule has 0 aromatic carbocycles. The highest BCUT2D eigenvalue weighted by Gasteiger charge is 2.18. The average molecular weight is 198 g/mol. The summed E-state index contributed by atoms with van der Waals surface area (Å²) in [6, 6.07) is 0. The standard InChI is InChI=1S/C7H10N4OS/c1-5-9-10-7(13-5)11-3-2-8-6(12)4-11/h2-4H2,1H3,(H,8,12). The zero-order valence-corrected chi connectivity index (χ0v) is 8.10. The van der Waals surface area contributed by atoms with Crippen LogP contribution in [0.1, 0.15) is 5.01 Å². The van der Waals surface area contributed by atoms with Gasteiger partial charge < -0.3 is 10.2 Å². The fourth-order valence-corrected chi connectivity index (χ4v) is 1.93. The van der Waals surface area contributed by atoms with Crippen LogP contribution in [0, 0.1) is 6.92 Å². The molecule has 0 radical (unpaired) electrons. The molecule has 1 amide bonds. The molecular weight excluding hydrogens is 188 g/mol. The van der Waals surface area contributed by atoms with Crippen LogP contribution in [0.4, 0.5) is 5.13 Å². The molecule has 0 aliphatic carbocycles. The molecule has 13 heavy (non-hydrogen) atoms. The van der Waals surface area contributed by atoms with Gasteiger partial charge in [0.15, 0.2) is 0 Å². The summed E-state index contributed by atoms with van der Waals surface area (Å²) in [5, 5.41) is 12.4. The first-order chi connectivity index (χ1) is 6.25. The minimum atomic E-state index is 0.0547. The molecule has 0 bridgehead atoms. The molecule has 2 rings (SSSR count). The van der Waals surface area contributed by atoms with E-state index in [1.54, 1.807) is 0 Å². The lowest BCUT2D eigenvalue weighted by atomic mass is 10.4. The summed E-state index contributed by atoms with van der Waals surface area (Å²) in [4.78, 5) is 13.0. The Morgan fingerprint density at radius 2 is 2.38 bits per heavy atom. The molecule has 0 unspecified atom stereocenters.